The molecule has 0 amide bonds. The zero-order valence-corrected chi connectivity index (χ0v) is 13.2. The van der Waals surface area contributed by atoms with Crippen molar-refractivity contribution in [1.29, 1.82) is 0 Å². The number of nitrogens with two attached hydrogens (primary N) is 1. The van der Waals surface area contributed by atoms with E-state index in [1.54, 1.807) is 24.3 Å². The second-order valence-corrected chi connectivity index (χ2v) is 6.45. The quantitative estimate of drug-likeness (QED) is 0.612. The molecular weight excluding hydrogens is 314 g/mol. The zero-order chi connectivity index (χ0) is 17.5. The summed E-state index contributed by atoms with van der Waals surface area (Å²) in [6.07, 6.45) is 1.10. The van der Waals surface area contributed by atoms with Crippen LogP contribution in [0.3, 0.4) is 0 Å². The molecule has 7 heteroatoms. The van der Waals surface area contributed by atoms with Crippen molar-refractivity contribution in [2.45, 2.75) is 31.9 Å². The minimum absolute atomic E-state index is 0.0111. The number of carbonyl (C=O) groups is 3. The Kier molecular flexibility index (Phi) is 4.04. The van der Waals surface area contributed by atoms with Crippen LogP contribution >= 0.6 is 0 Å². The van der Waals surface area contributed by atoms with Gasteiger partial charge in [-0.05, 0) is 36.5 Å². The van der Waals surface area contributed by atoms with Crippen molar-refractivity contribution in [3.8, 4) is 5.75 Å². The minimum atomic E-state index is -1.20. The molecule has 24 heavy (non-hydrogen) atoms. The average molecular weight is 333 g/mol. The monoisotopic (exact) mass is 333 g/mol. The molecule has 0 saturated heterocycles. The number of carboxylic acids is 1. The number of benzene rings is 1. The van der Waals surface area contributed by atoms with Gasteiger partial charge < -0.3 is 20.3 Å². The molecule has 4 unspecified atom stereocenters. The summed E-state index contributed by atoms with van der Waals surface area (Å²) >= 11 is 0. The van der Waals surface area contributed by atoms with Crippen LogP contribution in [0.2, 0.25) is 0 Å². The molecule has 0 spiro atoms. The number of ether oxygens (including phenoxy) is 2. The van der Waals surface area contributed by atoms with Crippen molar-refractivity contribution in [1.82, 2.24) is 0 Å². The summed E-state index contributed by atoms with van der Waals surface area (Å²) in [6.45, 7) is 1.35. The lowest BCUT2D eigenvalue weighted by Gasteiger charge is -2.24. The molecule has 2 fully saturated rings. The number of fused-ring (bicyclic) bond motifs is 1. The van der Waals surface area contributed by atoms with Gasteiger partial charge in [0.25, 0.3) is 0 Å². The van der Waals surface area contributed by atoms with Gasteiger partial charge in [-0.3, -0.25) is 14.4 Å². The molecule has 0 heterocycles. The molecule has 3 rings (SSSR count). The Morgan fingerprint density at radius 3 is 2.50 bits per heavy atom. The lowest BCUT2D eigenvalue weighted by atomic mass is 9.91. The van der Waals surface area contributed by atoms with Crippen molar-refractivity contribution in [3.63, 3.8) is 0 Å². The highest BCUT2D eigenvalue weighted by Gasteiger charge is 2.70. The maximum Gasteiger partial charge on any atom is 0.326 e. The van der Waals surface area contributed by atoms with Crippen LogP contribution in [0.5, 0.6) is 5.75 Å². The SMILES string of the molecule is CC(=O)Oc1ccc(COC(=O)C2(N)CCC3C(C(=O)O)C32)cc1. The highest BCUT2D eigenvalue weighted by atomic mass is 16.5. The fourth-order valence-corrected chi connectivity index (χ4v) is 3.69. The fraction of sp³-hybridized carbons (Fsp3) is 0.471. The van der Waals surface area contributed by atoms with Gasteiger partial charge in [0, 0.05) is 12.8 Å². The van der Waals surface area contributed by atoms with Gasteiger partial charge in [-0.25, -0.2) is 0 Å². The van der Waals surface area contributed by atoms with E-state index in [0.29, 0.717) is 18.6 Å². The topological polar surface area (TPSA) is 116 Å². The number of hydrogen-bond acceptors (Lipinski definition) is 6. The molecule has 128 valence electrons. The van der Waals surface area contributed by atoms with Gasteiger partial charge in [0.2, 0.25) is 0 Å². The smallest absolute Gasteiger partial charge is 0.326 e. The second-order valence-electron chi connectivity index (χ2n) is 6.45. The summed E-state index contributed by atoms with van der Waals surface area (Å²) in [7, 11) is 0. The lowest BCUT2D eigenvalue weighted by molar-refractivity contribution is -0.153. The molecule has 0 radical (unpaired) electrons. The predicted octanol–water partition coefficient (Wildman–Crippen LogP) is 1.09. The number of carbonyl (C=O) groups excluding carboxylic acids is 2. The van der Waals surface area contributed by atoms with Crippen LogP contribution in [0, 0.1) is 17.8 Å². The van der Waals surface area contributed by atoms with Gasteiger partial charge in [-0.15, -0.1) is 0 Å². The summed E-state index contributed by atoms with van der Waals surface area (Å²) in [6, 6.07) is 6.58. The van der Waals surface area contributed by atoms with Crippen molar-refractivity contribution in [3.05, 3.63) is 29.8 Å². The highest BCUT2D eigenvalue weighted by Crippen LogP contribution is 2.61. The Bertz CT molecular complexity index is 685. The first-order valence-corrected chi connectivity index (χ1v) is 7.79. The van der Waals surface area contributed by atoms with Crippen molar-refractivity contribution >= 4 is 17.9 Å². The first-order chi connectivity index (χ1) is 11.3. The van der Waals surface area contributed by atoms with E-state index in [0.717, 1.165) is 5.56 Å². The zero-order valence-electron chi connectivity index (χ0n) is 13.2. The normalized spacial score (nSPS) is 30.3. The number of carboxylic acid groups (broad SMARTS) is 1. The number of esters is 2. The largest absolute Gasteiger partial charge is 0.481 e. The van der Waals surface area contributed by atoms with Gasteiger partial charge >= 0.3 is 17.9 Å². The number of rotatable bonds is 5. The molecule has 2 saturated carbocycles. The Balaban J connectivity index is 1.58. The third kappa shape index (κ3) is 2.87. The molecule has 4 atom stereocenters. The van der Waals surface area contributed by atoms with Gasteiger partial charge in [-0.2, -0.15) is 0 Å². The van der Waals surface area contributed by atoms with Crippen molar-refractivity contribution < 1.29 is 29.0 Å². The van der Waals surface area contributed by atoms with E-state index in [1.165, 1.54) is 6.92 Å². The van der Waals surface area contributed by atoms with Crippen LogP contribution in [-0.4, -0.2) is 28.6 Å². The molecule has 0 bridgehead atoms. The van der Waals surface area contributed by atoms with Crippen LogP contribution < -0.4 is 10.5 Å². The lowest BCUT2D eigenvalue weighted by Crippen LogP contribution is -2.50. The average Bonchev–Trinajstić information content (AvgIpc) is 3.17. The summed E-state index contributed by atoms with van der Waals surface area (Å²) < 4.78 is 10.2. The molecule has 2 aliphatic rings. The number of hydrogen-bond donors (Lipinski definition) is 2. The third-order valence-electron chi connectivity index (χ3n) is 4.87. The van der Waals surface area contributed by atoms with Crippen LogP contribution in [0.4, 0.5) is 0 Å². The second kappa shape index (κ2) is 5.90. The standard InChI is InChI=1S/C17H19NO6/c1-9(19)24-11-4-2-10(3-5-11)8-23-16(22)17(18)7-6-12-13(14(12)17)15(20)21/h2-5,12-14H,6-8,18H2,1H3,(H,20,21). The molecule has 1 aromatic rings. The maximum atomic E-state index is 12.3. The van der Waals surface area contributed by atoms with Gasteiger partial charge in [0.1, 0.15) is 17.9 Å². The predicted molar refractivity (Wildman–Crippen MR) is 81.8 cm³/mol. The van der Waals surface area contributed by atoms with Crippen molar-refractivity contribution in [2.75, 3.05) is 0 Å². The van der Waals surface area contributed by atoms with E-state index in [9.17, 15) is 14.4 Å². The van der Waals surface area contributed by atoms with Gasteiger partial charge in [-0.1, -0.05) is 12.1 Å². The van der Waals surface area contributed by atoms with Gasteiger partial charge in [0.15, 0.2) is 0 Å². The fourth-order valence-electron chi connectivity index (χ4n) is 3.69. The minimum Gasteiger partial charge on any atom is -0.481 e. The molecule has 1 aromatic carbocycles. The van der Waals surface area contributed by atoms with E-state index in [-0.39, 0.29) is 18.4 Å². The molecular formula is C17H19NO6. The van der Waals surface area contributed by atoms with E-state index < -0.39 is 29.4 Å². The van der Waals surface area contributed by atoms with E-state index in [1.807, 2.05) is 0 Å². The van der Waals surface area contributed by atoms with Crippen LogP contribution in [-0.2, 0) is 25.7 Å². The Morgan fingerprint density at radius 1 is 1.29 bits per heavy atom. The Morgan fingerprint density at radius 2 is 1.96 bits per heavy atom. The molecule has 0 aliphatic heterocycles. The molecule has 3 N–H and O–H groups in total. The molecule has 0 aromatic heterocycles. The van der Waals surface area contributed by atoms with Crippen LogP contribution in [0.1, 0.15) is 25.3 Å². The first-order valence-electron chi connectivity index (χ1n) is 7.79. The van der Waals surface area contributed by atoms with Crippen molar-refractivity contribution in [2.24, 2.45) is 23.5 Å². The molecule has 7 nitrogen and oxygen atoms in total. The highest BCUT2D eigenvalue weighted by molar-refractivity contribution is 5.86. The van der Waals surface area contributed by atoms with E-state index in [4.69, 9.17) is 20.3 Å². The Hall–Kier alpha value is -2.41. The Labute approximate surface area is 138 Å². The summed E-state index contributed by atoms with van der Waals surface area (Å²) in [4.78, 5) is 34.3. The maximum absolute atomic E-state index is 12.3. The summed E-state index contributed by atoms with van der Waals surface area (Å²) in [5, 5.41) is 9.13. The summed E-state index contributed by atoms with van der Waals surface area (Å²) in [5.74, 6) is -2.31. The van der Waals surface area contributed by atoms with Gasteiger partial charge in [0.05, 0.1) is 5.92 Å². The number of aliphatic carboxylic acids is 1. The van der Waals surface area contributed by atoms with E-state index >= 15 is 0 Å². The van der Waals surface area contributed by atoms with Crippen LogP contribution in [0.25, 0.3) is 0 Å². The third-order valence-corrected chi connectivity index (χ3v) is 4.87. The summed E-state index contributed by atoms with van der Waals surface area (Å²) in [5.41, 5.74) is 5.69. The van der Waals surface area contributed by atoms with Crippen LogP contribution in [0.15, 0.2) is 24.3 Å². The van der Waals surface area contributed by atoms with E-state index in [2.05, 4.69) is 0 Å². The molecule has 2 aliphatic carbocycles. The first kappa shape index (κ1) is 16.4.